The summed E-state index contributed by atoms with van der Waals surface area (Å²) in [4.78, 5) is 0. The molecule has 2 rings (SSSR count). The fourth-order valence-corrected chi connectivity index (χ4v) is 3.01. The van der Waals surface area contributed by atoms with Gasteiger partial charge in [0.1, 0.15) is 0 Å². The van der Waals surface area contributed by atoms with Gasteiger partial charge < -0.3 is 0 Å². The van der Waals surface area contributed by atoms with Crippen LogP contribution in [0, 0.1) is 5.92 Å². The molecule has 0 radical (unpaired) electrons. The minimum Gasteiger partial charge on any atom is -0.0823 e. The van der Waals surface area contributed by atoms with Crippen LogP contribution in [-0.2, 0) is 6.42 Å². The highest BCUT2D eigenvalue weighted by Crippen LogP contribution is 2.44. The van der Waals surface area contributed by atoms with Crippen molar-refractivity contribution in [1.82, 2.24) is 0 Å². The Balaban J connectivity index is 2.46. The molecule has 5 heteroatoms. The molecule has 0 atom stereocenters. The lowest BCUT2D eigenvalue weighted by Gasteiger charge is -2.14. The van der Waals surface area contributed by atoms with E-state index >= 15 is 0 Å². The van der Waals surface area contributed by atoms with Crippen LogP contribution in [0.25, 0.3) is 0 Å². The van der Waals surface area contributed by atoms with E-state index in [0.717, 1.165) is 5.56 Å². The normalized spacial score (nSPS) is 14.9. The summed E-state index contributed by atoms with van der Waals surface area (Å²) in [6.07, 6.45) is 8.73. The number of hydrogen-bond acceptors (Lipinski definition) is 0. The van der Waals surface area contributed by atoms with Crippen molar-refractivity contribution in [2.45, 2.75) is 6.42 Å². The van der Waals surface area contributed by atoms with E-state index in [0.29, 0.717) is 16.5 Å². The molecule has 0 unspecified atom stereocenters. The van der Waals surface area contributed by atoms with Crippen molar-refractivity contribution in [3.63, 3.8) is 0 Å². The fraction of sp³-hybridized carbons (Fsp3) is 0.167. The summed E-state index contributed by atoms with van der Waals surface area (Å²) in [7, 11) is 0. The third kappa shape index (κ3) is 2.62. The lowest BCUT2D eigenvalue weighted by molar-refractivity contribution is 0.816. The maximum Gasteiger partial charge on any atom is 0.0809 e. The molecule has 1 aliphatic carbocycles. The number of allylic oxidation sites excluding steroid dienone is 4. The molecule has 0 aromatic heterocycles. The zero-order chi connectivity index (χ0) is 12.6. The molecule has 0 saturated heterocycles. The van der Waals surface area contributed by atoms with Crippen molar-refractivity contribution in [3.05, 3.63) is 55.0 Å². The zero-order valence-corrected chi connectivity index (χ0v) is 12.3. The number of benzene rings is 1. The van der Waals surface area contributed by atoms with Gasteiger partial charge in [0.2, 0.25) is 0 Å². The Morgan fingerprint density at radius 1 is 0.706 bits per heavy atom. The van der Waals surface area contributed by atoms with Gasteiger partial charge in [0.25, 0.3) is 0 Å². The second-order valence-corrected chi connectivity index (χ2v) is 5.58. The molecule has 0 bridgehead atoms. The first-order chi connectivity index (χ1) is 8.02. The molecule has 0 amide bonds. The molecular formula is C12H7Cl5. The minimum atomic E-state index is 0.199. The third-order valence-electron chi connectivity index (χ3n) is 2.57. The second kappa shape index (κ2) is 5.42. The van der Waals surface area contributed by atoms with Crippen LogP contribution in [0.4, 0.5) is 0 Å². The predicted octanol–water partition coefficient (Wildman–Crippen LogP) is 6.24. The van der Waals surface area contributed by atoms with Gasteiger partial charge in [-0.05, 0) is 17.9 Å². The molecule has 0 spiro atoms. The molecule has 0 heterocycles. The summed E-state index contributed by atoms with van der Waals surface area (Å²) in [5.41, 5.74) is 0.730. The molecular weight excluding hydrogens is 321 g/mol. The van der Waals surface area contributed by atoms with E-state index in [4.69, 9.17) is 58.0 Å². The van der Waals surface area contributed by atoms with Gasteiger partial charge in [-0.3, -0.25) is 0 Å². The van der Waals surface area contributed by atoms with Crippen molar-refractivity contribution in [2.24, 2.45) is 5.92 Å². The van der Waals surface area contributed by atoms with Crippen molar-refractivity contribution >= 4 is 58.0 Å². The topological polar surface area (TPSA) is 0 Å². The van der Waals surface area contributed by atoms with Crippen molar-refractivity contribution in [1.29, 1.82) is 0 Å². The second-order valence-electron chi connectivity index (χ2n) is 3.69. The summed E-state index contributed by atoms with van der Waals surface area (Å²) in [5, 5.41) is 1.46. The van der Waals surface area contributed by atoms with Gasteiger partial charge in [-0.25, -0.2) is 0 Å². The smallest absolute Gasteiger partial charge is 0.0809 e. The quantitative estimate of drug-likeness (QED) is 0.445. The van der Waals surface area contributed by atoms with Gasteiger partial charge >= 0.3 is 0 Å². The third-order valence-corrected chi connectivity index (χ3v) is 4.92. The van der Waals surface area contributed by atoms with Crippen molar-refractivity contribution in [3.8, 4) is 0 Å². The highest BCUT2D eigenvalue weighted by molar-refractivity contribution is 6.55. The summed E-state index contributed by atoms with van der Waals surface area (Å²) < 4.78 is 0. The van der Waals surface area contributed by atoms with Crippen molar-refractivity contribution < 1.29 is 0 Å². The Kier molecular flexibility index (Phi) is 4.33. The molecule has 1 aliphatic rings. The molecule has 0 nitrogen and oxygen atoms in total. The molecule has 1 aromatic carbocycles. The van der Waals surface area contributed by atoms with Gasteiger partial charge in [0, 0.05) is 0 Å². The van der Waals surface area contributed by atoms with Gasteiger partial charge in [-0.2, -0.15) is 0 Å². The first kappa shape index (κ1) is 13.6. The van der Waals surface area contributed by atoms with Gasteiger partial charge in [0.05, 0.1) is 25.1 Å². The molecule has 17 heavy (non-hydrogen) atoms. The highest BCUT2D eigenvalue weighted by Gasteiger charge is 2.20. The SMILES string of the molecule is Clc1c(Cl)c(Cl)c(CC2C=CC=C2)c(Cl)c1Cl. The summed E-state index contributed by atoms with van der Waals surface area (Å²) in [6.45, 7) is 0. The van der Waals surface area contributed by atoms with E-state index in [1.807, 2.05) is 12.2 Å². The minimum absolute atomic E-state index is 0.199. The van der Waals surface area contributed by atoms with E-state index < -0.39 is 0 Å². The maximum absolute atomic E-state index is 6.15. The predicted molar refractivity (Wildman–Crippen MR) is 77.0 cm³/mol. The van der Waals surface area contributed by atoms with E-state index in [1.54, 1.807) is 0 Å². The Hall–Kier alpha value is 0.150. The average molecular weight is 328 g/mol. The standard InChI is InChI=1S/C12H7Cl5/c13-8-7(5-6-3-1-2-4-6)9(14)11(16)12(17)10(8)15/h1-4,6H,5H2. The van der Waals surface area contributed by atoms with E-state index in [9.17, 15) is 0 Å². The summed E-state index contributed by atoms with van der Waals surface area (Å²) in [6, 6.07) is 0. The van der Waals surface area contributed by atoms with Crippen LogP contribution in [0.15, 0.2) is 24.3 Å². The average Bonchev–Trinajstić information content (AvgIpc) is 2.82. The number of halogens is 5. The van der Waals surface area contributed by atoms with Crippen LogP contribution in [0.2, 0.25) is 25.1 Å². The van der Waals surface area contributed by atoms with E-state index in [-0.39, 0.29) is 21.0 Å². The molecule has 1 aromatic rings. The van der Waals surface area contributed by atoms with Gasteiger partial charge in [0.15, 0.2) is 0 Å². The maximum atomic E-state index is 6.15. The van der Waals surface area contributed by atoms with Crippen LogP contribution in [0.5, 0.6) is 0 Å². The van der Waals surface area contributed by atoms with Crippen LogP contribution < -0.4 is 0 Å². The first-order valence-electron chi connectivity index (χ1n) is 4.87. The Labute approximate surface area is 125 Å². The molecule has 0 fully saturated rings. The van der Waals surface area contributed by atoms with Crippen LogP contribution in [-0.4, -0.2) is 0 Å². The fourth-order valence-electron chi connectivity index (χ4n) is 1.68. The molecule has 0 saturated carbocycles. The highest BCUT2D eigenvalue weighted by atomic mass is 35.5. The Morgan fingerprint density at radius 3 is 1.59 bits per heavy atom. The largest absolute Gasteiger partial charge is 0.0823 e. The summed E-state index contributed by atoms with van der Waals surface area (Å²) in [5.74, 6) is 0.262. The van der Waals surface area contributed by atoms with Crippen LogP contribution >= 0.6 is 58.0 Å². The van der Waals surface area contributed by atoms with Crippen LogP contribution in [0.3, 0.4) is 0 Å². The number of hydrogen-bond donors (Lipinski definition) is 0. The zero-order valence-electron chi connectivity index (χ0n) is 8.48. The monoisotopic (exact) mass is 326 g/mol. The Morgan fingerprint density at radius 2 is 1.12 bits per heavy atom. The molecule has 0 aliphatic heterocycles. The van der Waals surface area contributed by atoms with Gasteiger partial charge in [-0.1, -0.05) is 82.3 Å². The van der Waals surface area contributed by atoms with E-state index in [2.05, 4.69) is 12.2 Å². The van der Waals surface area contributed by atoms with Gasteiger partial charge in [-0.15, -0.1) is 0 Å². The first-order valence-corrected chi connectivity index (χ1v) is 6.76. The van der Waals surface area contributed by atoms with Crippen LogP contribution in [0.1, 0.15) is 5.56 Å². The van der Waals surface area contributed by atoms with E-state index in [1.165, 1.54) is 0 Å². The molecule has 90 valence electrons. The number of rotatable bonds is 2. The molecule has 0 N–H and O–H groups in total. The lowest BCUT2D eigenvalue weighted by Crippen LogP contribution is -1.99. The summed E-state index contributed by atoms with van der Waals surface area (Å²) >= 11 is 30.2. The lowest BCUT2D eigenvalue weighted by atomic mass is 10.0. The van der Waals surface area contributed by atoms with Crippen molar-refractivity contribution in [2.75, 3.05) is 0 Å². The Bertz CT molecular complexity index is 475.